The summed E-state index contributed by atoms with van der Waals surface area (Å²) >= 11 is 0. The van der Waals surface area contributed by atoms with Gasteiger partial charge in [-0.15, -0.1) is 0 Å². The molecule has 2 aromatic carbocycles. The summed E-state index contributed by atoms with van der Waals surface area (Å²) in [4.78, 5) is 12.2. The van der Waals surface area contributed by atoms with Gasteiger partial charge in [-0.2, -0.15) is 0 Å². The fourth-order valence-corrected chi connectivity index (χ4v) is 4.97. The van der Waals surface area contributed by atoms with Gasteiger partial charge in [-0.25, -0.2) is 16.8 Å². The minimum atomic E-state index is -3.90. The van der Waals surface area contributed by atoms with Crippen LogP contribution in [0.5, 0.6) is 0 Å². The molecule has 0 N–H and O–H groups in total. The van der Waals surface area contributed by atoms with Crippen LogP contribution < -0.4 is 0 Å². The summed E-state index contributed by atoms with van der Waals surface area (Å²) in [7, 11) is -3.90. The summed E-state index contributed by atoms with van der Waals surface area (Å²) in [5, 5.41) is 0.245. The molecule has 1 heterocycles. The van der Waals surface area contributed by atoms with Crippen molar-refractivity contribution in [2.24, 2.45) is 5.92 Å². The zero-order chi connectivity index (χ0) is 20.1. The van der Waals surface area contributed by atoms with Crippen molar-refractivity contribution in [3.05, 3.63) is 65.6 Å². The van der Waals surface area contributed by atoms with E-state index in [1.54, 1.807) is 25.1 Å². The molecule has 3 aromatic rings. The number of benzene rings is 2. The number of hydrogen-bond donors (Lipinski definition) is 0. The third-order valence-corrected chi connectivity index (χ3v) is 6.82. The molecule has 1 saturated carbocycles. The zero-order valence-electron chi connectivity index (χ0n) is 15.6. The maximum atomic E-state index is 14.6. The molecule has 5 nitrogen and oxygen atoms in total. The number of halogens is 1. The van der Waals surface area contributed by atoms with E-state index >= 15 is 0 Å². The van der Waals surface area contributed by atoms with Gasteiger partial charge in [0, 0.05) is 17.5 Å². The summed E-state index contributed by atoms with van der Waals surface area (Å²) in [5.41, 5.74) is 1.74. The van der Waals surface area contributed by atoms with Gasteiger partial charge < -0.3 is 4.74 Å². The SMILES string of the molecule is CCOC(=O)C1CC1c1cn(S(=O)(=O)c2ccc(C)cc2)c2cccc(F)c12. The Morgan fingerprint density at radius 1 is 1.21 bits per heavy atom. The van der Waals surface area contributed by atoms with Gasteiger partial charge in [0.25, 0.3) is 10.0 Å². The van der Waals surface area contributed by atoms with E-state index in [0.717, 1.165) is 9.54 Å². The van der Waals surface area contributed by atoms with Crippen LogP contribution in [0.3, 0.4) is 0 Å². The molecule has 1 aliphatic rings. The first-order chi connectivity index (χ1) is 13.3. The molecule has 1 aliphatic carbocycles. The average Bonchev–Trinajstić information content (AvgIpc) is 3.35. The minimum Gasteiger partial charge on any atom is -0.466 e. The molecule has 2 atom stereocenters. The third-order valence-electron chi connectivity index (χ3n) is 5.13. The van der Waals surface area contributed by atoms with Gasteiger partial charge in [0.15, 0.2) is 0 Å². The summed E-state index contributed by atoms with van der Waals surface area (Å²) < 4.78 is 47.2. The summed E-state index contributed by atoms with van der Waals surface area (Å²) in [5.74, 6) is -1.43. The number of aromatic nitrogens is 1. The molecule has 2 unspecified atom stereocenters. The van der Waals surface area contributed by atoms with E-state index in [4.69, 9.17) is 4.74 Å². The number of carbonyl (C=O) groups is 1. The third kappa shape index (κ3) is 2.99. The second-order valence-corrected chi connectivity index (χ2v) is 8.85. The Bertz CT molecular complexity index is 1170. The van der Waals surface area contributed by atoms with Crippen molar-refractivity contribution in [2.45, 2.75) is 31.1 Å². The number of carbonyl (C=O) groups excluding carboxylic acids is 1. The van der Waals surface area contributed by atoms with Gasteiger partial charge in [0.1, 0.15) is 5.82 Å². The lowest BCUT2D eigenvalue weighted by Gasteiger charge is -2.08. The van der Waals surface area contributed by atoms with E-state index in [1.165, 1.54) is 30.5 Å². The number of nitrogens with zero attached hydrogens (tertiary/aromatic N) is 1. The van der Waals surface area contributed by atoms with Crippen LogP contribution in [-0.4, -0.2) is 25.0 Å². The first-order valence-corrected chi connectivity index (χ1v) is 10.6. The normalized spacial score (nSPS) is 19.0. The van der Waals surface area contributed by atoms with Crippen molar-refractivity contribution in [3.8, 4) is 0 Å². The molecule has 28 heavy (non-hydrogen) atoms. The maximum Gasteiger partial charge on any atom is 0.309 e. The Kier molecular flexibility index (Phi) is 4.50. The molecular formula is C21H20FNO4S. The van der Waals surface area contributed by atoms with Gasteiger partial charge in [0.05, 0.1) is 22.9 Å². The van der Waals surface area contributed by atoms with Gasteiger partial charge in [-0.1, -0.05) is 23.8 Å². The van der Waals surface area contributed by atoms with Crippen molar-refractivity contribution in [1.29, 1.82) is 0 Å². The standard InChI is InChI=1S/C21H20FNO4S/c1-3-27-21(24)16-11-15(16)17-12-23(19-6-4-5-18(22)20(17)19)28(25,26)14-9-7-13(2)8-10-14/h4-10,12,15-16H,3,11H2,1-2H3. The molecule has 0 radical (unpaired) electrons. The maximum absolute atomic E-state index is 14.6. The quantitative estimate of drug-likeness (QED) is 0.607. The van der Waals surface area contributed by atoms with Crippen LogP contribution in [0.1, 0.15) is 30.4 Å². The van der Waals surface area contributed by atoms with Crippen LogP contribution in [0.25, 0.3) is 10.9 Å². The first-order valence-electron chi connectivity index (χ1n) is 9.13. The van der Waals surface area contributed by atoms with Crippen molar-refractivity contribution < 1.29 is 22.3 Å². The highest BCUT2D eigenvalue weighted by Crippen LogP contribution is 2.51. The molecule has 7 heteroatoms. The van der Waals surface area contributed by atoms with Crippen molar-refractivity contribution in [1.82, 2.24) is 3.97 Å². The number of hydrogen-bond acceptors (Lipinski definition) is 4. The van der Waals surface area contributed by atoms with Crippen molar-refractivity contribution in [2.75, 3.05) is 6.61 Å². The van der Waals surface area contributed by atoms with Gasteiger partial charge in [-0.05, 0) is 50.1 Å². The Labute approximate surface area is 162 Å². The molecule has 0 aliphatic heterocycles. The van der Waals surface area contributed by atoms with E-state index in [2.05, 4.69) is 0 Å². The van der Waals surface area contributed by atoms with Crippen LogP contribution in [0.4, 0.5) is 4.39 Å². The van der Waals surface area contributed by atoms with Gasteiger partial charge >= 0.3 is 5.97 Å². The molecule has 0 bridgehead atoms. The average molecular weight is 401 g/mol. The molecule has 4 rings (SSSR count). The van der Waals surface area contributed by atoms with E-state index in [9.17, 15) is 17.6 Å². The zero-order valence-corrected chi connectivity index (χ0v) is 16.4. The van der Waals surface area contributed by atoms with Crippen LogP contribution in [-0.2, 0) is 19.6 Å². The van der Waals surface area contributed by atoms with E-state index in [0.29, 0.717) is 12.0 Å². The minimum absolute atomic E-state index is 0.128. The van der Waals surface area contributed by atoms with E-state index < -0.39 is 15.8 Å². The molecule has 0 spiro atoms. The summed E-state index contributed by atoms with van der Waals surface area (Å²) in [6.45, 7) is 3.88. The lowest BCUT2D eigenvalue weighted by atomic mass is 10.1. The lowest BCUT2D eigenvalue weighted by Crippen LogP contribution is -2.12. The second-order valence-electron chi connectivity index (χ2n) is 7.03. The predicted octanol–water partition coefficient (Wildman–Crippen LogP) is 3.99. The summed E-state index contributed by atoms with van der Waals surface area (Å²) in [6.07, 6.45) is 1.98. The molecule has 1 fully saturated rings. The number of aryl methyl sites for hydroxylation is 1. The highest BCUT2D eigenvalue weighted by atomic mass is 32.2. The van der Waals surface area contributed by atoms with E-state index in [-0.39, 0.29) is 40.2 Å². The monoisotopic (exact) mass is 401 g/mol. The fourth-order valence-electron chi connectivity index (χ4n) is 3.59. The van der Waals surface area contributed by atoms with E-state index in [1.807, 2.05) is 6.92 Å². The summed E-state index contributed by atoms with van der Waals surface area (Å²) in [6, 6.07) is 10.9. The van der Waals surface area contributed by atoms with Crippen LogP contribution in [0, 0.1) is 18.7 Å². The molecule has 146 valence electrons. The highest BCUT2D eigenvalue weighted by Gasteiger charge is 2.47. The first kappa shape index (κ1) is 18.7. The fraction of sp³-hybridized carbons (Fsp3) is 0.286. The van der Waals surface area contributed by atoms with Crippen LogP contribution in [0.15, 0.2) is 53.6 Å². The Hall–Kier alpha value is -2.67. The second kappa shape index (κ2) is 6.74. The number of fused-ring (bicyclic) bond motifs is 1. The van der Waals surface area contributed by atoms with Crippen molar-refractivity contribution in [3.63, 3.8) is 0 Å². The number of rotatable bonds is 5. The topological polar surface area (TPSA) is 65.4 Å². The highest BCUT2D eigenvalue weighted by molar-refractivity contribution is 7.90. The molecular weight excluding hydrogens is 381 g/mol. The number of esters is 1. The van der Waals surface area contributed by atoms with Crippen LogP contribution in [0.2, 0.25) is 0 Å². The predicted molar refractivity (Wildman–Crippen MR) is 103 cm³/mol. The van der Waals surface area contributed by atoms with Crippen LogP contribution >= 0.6 is 0 Å². The Morgan fingerprint density at radius 3 is 2.61 bits per heavy atom. The molecule has 0 saturated heterocycles. The Morgan fingerprint density at radius 2 is 1.93 bits per heavy atom. The number of ether oxygens (including phenoxy) is 1. The van der Waals surface area contributed by atoms with Gasteiger partial charge in [0.2, 0.25) is 0 Å². The molecule has 1 aromatic heterocycles. The van der Waals surface area contributed by atoms with Gasteiger partial charge in [-0.3, -0.25) is 4.79 Å². The Balaban J connectivity index is 1.84. The molecule has 0 amide bonds. The smallest absolute Gasteiger partial charge is 0.309 e. The largest absolute Gasteiger partial charge is 0.466 e. The van der Waals surface area contributed by atoms with Crippen molar-refractivity contribution >= 4 is 26.9 Å². The lowest BCUT2D eigenvalue weighted by molar-refractivity contribution is -0.144.